The summed E-state index contributed by atoms with van der Waals surface area (Å²) in [5, 5.41) is -0.366. The van der Waals surface area contributed by atoms with E-state index in [0.29, 0.717) is 0 Å². The molecule has 2 aromatic carbocycles. The van der Waals surface area contributed by atoms with Crippen molar-refractivity contribution in [3.8, 4) is 0 Å². The smallest absolute Gasteiger partial charge is 0.139 e. The highest BCUT2D eigenvalue weighted by atomic mass is 32.2. The lowest BCUT2D eigenvalue weighted by Crippen LogP contribution is -2.28. The van der Waals surface area contributed by atoms with Crippen LogP contribution in [0.5, 0.6) is 0 Å². The Bertz CT molecular complexity index is 627. The molecule has 21 heavy (non-hydrogen) atoms. The number of benzene rings is 2. The van der Waals surface area contributed by atoms with Gasteiger partial charge in [0.1, 0.15) is 5.82 Å². The Morgan fingerprint density at radius 3 is 2.33 bits per heavy atom. The maximum atomic E-state index is 13.7. The molecule has 0 spiro atoms. The third kappa shape index (κ3) is 3.57. The van der Waals surface area contributed by atoms with Crippen LogP contribution in [0.25, 0.3) is 0 Å². The molecule has 0 heterocycles. The predicted octanol–water partition coefficient (Wildman–Crippen LogP) is 3.58. The van der Waals surface area contributed by atoms with Gasteiger partial charge in [-0.2, -0.15) is 0 Å². The zero-order valence-electron chi connectivity index (χ0n) is 12.3. The van der Waals surface area contributed by atoms with Crippen molar-refractivity contribution in [1.29, 1.82) is 0 Å². The van der Waals surface area contributed by atoms with Crippen LogP contribution < -0.4 is 5.73 Å². The second kappa shape index (κ2) is 6.96. The SMILES string of the molecule is CCc1ccc(C(N)C(C)S(=O)c2ccccc2F)cc1. The number of rotatable bonds is 5. The van der Waals surface area contributed by atoms with Crippen LogP contribution in [0.2, 0.25) is 0 Å². The maximum absolute atomic E-state index is 13.7. The van der Waals surface area contributed by atoms with Crippen molar-refractivity contribution in [2.45, 2.75) is 36.5 Å². The Hall–Kier alpha value is -1.52. The van der Waals surface area contributed by atoms with E-state index >= 15 is 0 Å². The summed E-state index contributed by atoms with van der Waals surface area (Å²) in [6.45, 7) is 3.88. The Morgan fingerprint density at radius 2 is 1.76 bits per heavy atom. The second-order valence-corrected chi connectivity index (χ2v) is 6.83. The van der Waals surface area contributed by atoms with Crippen LogP contribution in [0.15, 0.2) is 53.4 Å². The van der Waals surface area contributed by atoms with Gasteiger partial charge in [-0.05, 0) is 36.6 Å². The third-order valence-corrected chi connectivity index (χ3v) is 5.40. The molecule has 0 aliphatic heterocycles. The fraction of sp³-hybridized carbons (Fsp3) is 0.294. The van der Waals surface area contributed by atoms with Crippen molar-refractivity contribution >= 4 is 10.8 Å². The number of halogens is 1. The van der Waals surface area contributed by atoms with Gasteiger partial charge < -0.3 is 5.73 Å². The summed E-state index contributed by atoms with van der Waals surface area (Å²) < 4.78 is 26.2. The zero-order chi connectivity index (χ0) is 15.4. The first-order chi connectivity index (χ1) is 10.0. The number of hydrogen-bond donors (Lipinski definition) is 1. The first-order valence-electron chi connectivity index (χ1n) is 7.04. The Labute approximate surface area is 127 Å². The quantitative estimate of drug-likeness (QED) is 0.917. The molecule has 0 amide bonds. The van der Waals surface area contributed by atoms with Gasteiger partial charge in [0.05, 0.1) is 20.9 Å². The van der Waals surface area contributed by atoms with Crippen LogP contribution in [0, 0.1) is 5.82 Å². The average molecular weight is 305 g/mol. The van der Waals surface area contributed by atoms with E-state index in [9.17, 15) is 8.60 Å². The predicted molar refractivity (Wildman–Crippen MR) is 85.0 cm³/mol. The highest BCUT2D eigenvalue weighted by Crippen LogP contribution is 2.24. The van der Waals surface area contributed by atoms with Gasteiger partial charge in [-0.25, -0.2) is 4.39 Å². The highest BCUT2D eigenvalue weighted by Gasteiger charge is 2.23. The molecule has 2 nitrogen and oxygen atoms in total. The summed E-state index contributed by atoms with van der Waals surface area (Å²) in [6.07, 6.45) is 0.965. The van der Waals surface area contributed by atoms with Gasteiger partial charge in [0, 0.05) is 6.04 Å². The van der Waals surface area contributed by atoms with Crippen LogP contribution in [-0.2, 0) is 17.2 Å². The summed E-state index contributed by atoms with van der Waals surface area (Å²) in [4.78, 5) is 0.214. The minimum Gasteiger partial charge on any atom is -0.323 e. The molecule has 3 atom stereocenters. The lowest BCUT2D eigenvalue weighted by molar-refractivity contribution is 0.589. The topological polar surface area (TPSA) is 43.1 Å². The Balaban J connectivity index is 2.20. The van der Waals surface area contributed by atoms with Gasteiger partial charge in [0.25, 0.3) is 0 Å². The third-order valence-electron chi connectivity index (χ3n) is 3.67. The fourth-order valence-electron chi connectivity index (χ4n) is 2.19. The van der Waals surface area contributed by atoms with Gasteiger partial charge in [-0.15, -0.1) is 0 Å². The molecule has 0 saturated heterocycles. The molecular formula is C17H20FNOS. The normalized spacial score (nSPS) is 15.4. The van der Waals surface area contributed by atoms with Gasteiger partial charge in [0.15, 0.2) is 0 Å². The molecule has 112 valence electrons. The second-order valence-electron chi connectivity index (χ2n) is 5.05. The molecule has 0 aliphatic rings. The first-order valence-corrected chi connectivity index (χ1v) is 8.25. The van der Waals surface area contributed by atoms with Crippen molar-refractivity contribution in [2.24, 2.45) is 5.73 Å². The molecule has 0 radical (unpaired) electrons. The summed E-state index contributed by atoms with van der Waals surface area (Å²) in [5.74, 6) is -0.448. The molecule has 2 aromatic rings. The minimum absolute atomic E-state index is 0.214. The van der Waals surface area contributed by atoms with Crippen molar-refractivity contribution in [1.82, 2.24) is 0 Å². The van der Waals surface area contributed by atoms with Gasteiger partial charge in [0.2, 0.25) is 0 Å². The van der Waals surface area contributed by atoms with E-state index in [0.717, 1.165) is 12.0 Å². The van der Waals surface area contributed by atoms with E-state index in [1.54, 1.807) is 25.1 Å². The summed E-state index contributed by atoms with van der Waals surface area (Å²) >= 11 is 0. The van der Waals surface area contributed by atoms with Gasteiger partial charge >= 0.3 is 0 Å². The molecule has 0 aromatic heterocycles. The number of hydrogen-bond acceptors (Lipinski definition) is 2. The largest absolute Gasteiger partial charge is 0.323 e. The lowest BCUT2D eigenvalue weighted by Gasteiger charge is -2.20. The van der Waals surface area contributed by atoms with Crippen molar-refractivity contribution < 1.29 is 8.60 Å². The molecule has 4 heteroatoms. The number of aryl methyl sites for hydroxylation is 1. The standard InChI is InChI=1S/C17H20FNOS/c1-3-13-8-10-14(11-9-13)17(19)12(2)21(20)16-7-5-4-6-15(16)18/h4-12,17H,3,19H2,1-2H3. The van der Waals surface area contributed by atoms with Crippen molar-refractivity contribution in [2.75, 3.05) is 0 Å². The van der Waals surface area contributed by atoms with E-state index in [1.165, 1.54) is 11.6 Å². The van der Waals surface area contributed by atoms with Gasteiger partial charge in [-0.3, -0.25) is 4.21 Å². The molecular weight excluding hydrogens is 285 g/mol. The van der Waals surface area contributed by atoms with Crippen LogP contribution in [0.1, 0.15) is 31.0 Å². The zero-order valence-corrected chi connectivity index (χ0v) is 13.1. The first kappa shape index (κ1) is 15.9. The monoisotopic (exact) mass is 305 g/mol. The fourth-order valence-corrected chi connectivity index (χ4v) is 3.48. The van der Waals surface area contributed by atoms with E-state index in [1.807, 2.05) is 24.3 Å². The summed E-state index contributed by atoms with van der Waals surface area (Å²) in [6, 6.07) is 13.7. The summed E-state index contributed by atoms with van der Waals surface area (Å²) in [5.41, 5.74) is 8.35. The van der Waals surface area contributed by atoms with E-state index < -0.39 is 22.7 Å². The molecule has 0 saturated carbocycles. The maximum Gasteiger partial charge on any atom is 0.139 e. The van der Waals surface area contributed by atoms with Gasteiger partial charge in [-0.1, -0.05) is 43.3 Å². The lowest BCUT2D eigenvalue weighted by atomic mass is 10.0. The van der Waals surface area contributed by atoms with E-state index in [-0.39, 0.29) is 10.1 Å². The highest BCUT2D eigenvalue weighted by molar-refractivity contribution is 7.85. The molecule has 3 unspecified atom stereocenters. The van der Waals surface area contributed by atoms with Crippen molar-refractivity contribution in [3.05, 3.63) is 65.5 Å². The van der Waals surface area contributed by atoms with E-state index in [4.69, 9.17) is 5.73 Å². The van der Waals surface area contributed by atoms with Crippen molar-refractivity contribution in [3.63, 3.8) is 0 Å². The Morgan fingerprint density at radius 1 is 1.14 bits per heavy atom. The minimum atomic E-state index is -1.48. The van der Waals surface area contributed by atoms with Crippen LogP contribution in [0.4, 0.5) is 4.39 Å². The average Bonchev–Trinajstić information content (AvgIpc) is 2.53. The van der Waals surface area contributed by atoms with Crippen LogP contribution in [0.3, 0.4) is 0 Å². The molecule has 0 aliphatic carbocycles. The summed E-state index contributed by atoms with van der Waals surface area (Å²) in [7, 11) is -1.48. The number of nitrogens with two attached hydrogens (primary N) is 1. The molecule has 0 bridgehead atoms. The van der Waals surface area contributed by atoms with Crippen LogP contribution in [-0.4, -0.2) is 9.46 Å². The molecule has 2 rings (SSSR count). The molecule has 0 fully saturated rings. The Kier molecular flexibility index (Phi) is 5.26. The van der Waals surface area contributed by atoms with E-state index in [2.05, 4.69) is 6.92 Å². The van der Waals surface area contributed by atoms with Crippen LogP contribution >= 0.6 is 0 Å². The molecule has 2 N–H and O–H groups in total.